The molecule has 3 nitrogen and oxygen atoms in total. The number of hydrogen-bond acceptors (Lipinski definition) is 2. The topological polar surface area (TPSA) is 28.0 Å². The van der Waals surface area contributed by atoms with Gasteiger partial charge in [0.05, 0.1) is 0 Å². The van der Waals surface area contributed by atoms with Crippen molar-refractivity contribution in [2.45, 2.75) is 0 Å². The van der Waals surface area contributed by atoms with Gasteiger partial charge in [0, 0.05) is 25.2 Å². The smallest absolute Gasteiger partial charge is 0.113 e. The first-order chi connectivity index (χ1) is 9.27. The van der Waals surface area contributed by atoms with E-state index in [1.807, 2.05) is 31.1 Å². The van der Waals surface area contributed by atoms with Gasteiger partial charge in [0.1, 0.15) is 12.1 Å². The molecule has 0 N–H and O–H groups in total. The van der Waals surface area contributed by atoms with Crippen LogP contribution in [0.1, 0.15) is 11.1 Å². The summed E-state index contributed by atoms with van der Waals surface area (Å²) in [6.07, 6.45) is 1.70. The lowest BCUT2D eigenvalue weighted by Crippen LogP contribution is -2.07. The van der Waals surface area contributed by atoms with Crippen LogP contribution in [0.25, 0.3) is 11.1 Å². The molecular formula is C16H15N3. The average Bonchev–Trinajstić information content (AvgIpc) is 2.74. The molecule has 0 amide bonds. The van der Waals surface area contributed by atoms with E-state index in [2.05, 4.69) is 46.6 Å². The molecule has 0 spiro atoms. The van der Waals surface area contributed by atoms with Crippen LogP contribution < -0.4 is 0 Å². The highest BCUT2D eigenvalue weighted by atomic mass is 15.3. The largest absolute Gasteiger partial charge is 0.367 e. The van der Waals surface area contributed by atoms with E-state index in [-0.39, 0.29) is 0 Å². The number of hydrogen-bond donors (Lipinski definition) is 0. The molecule has 3 rings (SSSR count). The monoisotopic (exact) mass is 249 g/mol. The van der Waals surface area contributed by atoms with Crippen molar-refractivity contribution in [3.05, 3.63) is 59.7 Å². The molecule has 1 aliphatic rings. The molecular weight excluding hydrogens is 234 g/mol. The van der Waals surface area contributed by atoms with Gasteiger partial charge in [-0.3, -0.25) is 0 Å². The average molecular weight is 249 g/mol. The van der Waals surface area contributed by atoms with E-state index in [1.165, 1.54) is 11.1 Å². The molecule has 3 heteroatoms. The summed E-state index contributed by atoms with van der Waals surface area (Å²) in [5.74, 6) is 0. The molecule has 0 atom stereocenters. The van der Waals surface area contributed by atoms with E-state index in [9.17, 15) is 0 Å². The molecule has 94 valence electrons. The van der Waals surface area contributed by atoms with Gasteiger partial charge in [0.25, 0.3) is 0 Å². The quantitative estimate of drug-likeness (QED) is 0.390. The molecule has 2 aromatic carbocycles. The second-order valence-electron chi connectivity index (χ2n) is 4.73. The van der Waals surface area contributed by atoms with E-state index in [1.54, 1.807) is 6.34 Å². The molecule has 0 saturated carbocycles. The lowest BCUT2D eigenvalue weighted by atomic mass is 10.1. The highest BCUT2D eigenvalue weighted by molar-refractivity contribution is 6.24. The van der Waals surface area contributed by atoms with Crippen LogP contribution in [0.4, 0.5) is 0 Å². The second-order valence-corrected chi connectivity index (χ2v) is 4.73. The predicted octanol–water partition coefficient (Wildman–Crippen LogP) is 3.01. The molecule has 0 aromatic heterocycles. The van der Waals surface area contributed by atoms with Crippen LogP contribution in [0, 0.1) is 0 Å². The van der Waals surface area contributed by atoms with E-state index in [0.717, 1.165) is 16.8 Å². The summed E-state index contributed by atoms with van der Waals surface area (Å²) in [5.41, 5.74) is 5.72. The van der Waals surface area contributed by atoms with Crippen LogP contribution in [0.3, 0.4) is 0 Å². The fourth-order valence-corrected chi connectivity index (χ4v) is 2.29. The van der Waals surface area contributed by atoms with Crippen molar-refractivity contribution in [2.75, 3.05) is 14.1 Å². The lowest BCUT2D eigenvalue weighted by molar-refractivity contribution is 0.640. The number of nitrogens with zero attached hydrogens (tertiary/aromatic N) is 3. The van der Waals surface area contributed by atoms with Crippen molar-refractivity contribution < 1.29 is 0 Å². The zero-order valence-electron chi connectivity index (χ0n) is 11.0. The Bertz CT molecular complexity index is 622. The molecule has 1 aliphatic carbocycles. The van der Waals surface area contributed by atoms with E-state index < -0.39 is 0 Å². The molecule has 0 saturated heterocycles. The summed E-state index contributed by atoms with van der Waals surface area (Å²) >= 11 is 0. The molecule has 0 radical (unpaired) electrons. The maximum atomic E-state index is 4.39. The minimum atomic E-state index is 0.948. The third-order valence-corrected chi connectivity index (χ3v) is 3.09. The van der Waals surface area contributed by atoms with Crippen molar-refractivity contribution in [2.24, 2.45) is 10.2 Å². The SMILES string of the molecule is CN(C)C=NN=C1c2ccccc2-c2ccccc21. The van der Waals surface area contributed by atoms with Crippen LogP contribution in [0.5, 0.6) is 0 Å². The maximum absolute atomic E-state index is 4.39. The Morgan fingerprint density at radius 1 is 0.789 bits per heavy atom. The summed E-state index contributed by atoms with van der Waals surface area (Å²) < 4.78 is 0. The van der Waals surface area contributed by atoms with Gasteiger partial charge in [0.15, 0.2) is 0 Å². The van der Waals surface area contributed by atoms with Crippen LogP contribution in [-0.2, 0) is 0 Å². The molecule has 0 unspecified atom stereocenters. The summed E-state index contributed by atoms with van der Waals surface area (Å²) in [7, 11) is 3.86. The lowest BCUT2D eigenvalue weighted by Gasteiger charge is -2.01. The maximum Gasteiger partial charge on any atom is 0.113 e. The van der Waals surface area contributed by atoms with Crippen LogP contribution >= 0.6 is 0 Å². The van der Waals surface area contributed by atoms with Crippen LogP contribution in [0.15, 0.2) is 58.7 Å². The zero-order chi connectivity index (χ0) is 13.2. The summed E-state index contributed by atoms with van der Waals surface area (Å²) in [4.78, 5) is 1.87. The van der Waals surface area contributed by atoms with Crippen molar-refractivity contribution in [1.29, 1.82) is 0 Å². The normalized spacial score (nSPS) is 12.4. The van der Waals surface area contributed by atoms with Crippen molar-refractivity contribution in [1.82, 2.24) is 4.90 Å². The minimum absolute atomic E-state index is 0.948. The Kier molecular flexibility index (Phi) is 2.88. The Hall–Kier alpha value is -2.42. The van der Waals surface area contributed by atoms with Gasteiger partial charge in [0.2, 0.25) is 0 Å². The molecule has 0 bridgehead atoms. The first-order valence-electron chi connectivity index (χ1n) is 6.24. The third kappa shape index (κ3) is 2.03. The fraction of sp³-hybridized carbons (Fsp3) is 0.125. The second kappa shape index (κ2) is 4.69. The number of fused-ring (bicyclic) bond motifs is 3. The third-order valence-electron chi connectivity index (χ3n) is 3.09. The van der Waals surface area contributed by atoms with E-state index in [4.69, 9.17) is 0 Å². The van der Waals surface area contributed by atoms with E-state index >= 15 is 0 Å². The Labute approximate surface area is 112 Å². The minimum Gasteiger partial charge on any atom is -0.367 e. The first-order valence-corrected chi connectivity index (χ1v) is 6.24. The van der Waals surface area contributed by atoms with Gasteiger partial charge in [-0.15, -0.1) is 10.2 Å². The Balaban J connectivity index is 2.15. The summed E-state index contributed by atoms with van der Waals surface area (Å²) in [6, 6.07) is 16.6. The standard InChI is InChI=1S/C16H15N3/c1-19(2)11-17-18-16-14-9-5-3-7-12(14)13-8-4-6-10-15(13)16/h3-11H,1-2H3. The summed E-state index contributed by atoms with van der Waals surface area (Å²) in [6.45, 7) is 0. The molecule has 19 heavy (non-hydrogen) atoms. The molecule has 0 aliphatic heterocycles. The Morgan fingerprint density at radius 3 is 1.74 bits per heavy atom. The summed E-state index contributed by atoms with van der Waals surface area (Å²) in [5, 5.41) is 8.53. The predicted molar refractivity (Wildman–Crippen MR) is 79.7 cm³/mol. The van der Waals surface area contributed by atoms with Crippen molar-refractivity contribution in [3.8, 4) is 11.1 Å². The van der Waals surface area contributed by atoms with Crippen molar-refractivity contribution in [3.63, 3.8) is 0 Å². The van der Waals surface area contributed by atoms with Crippen molar-refractivity contribution >= 4 is 12.1 Å². The van der Waals surface area contributed by atoms with Crippen LogP contribution in [-0.4, -0.2) is 31.0 Å². The van der Waals surface area contributed by atoms with Gasteiger partial charge in [-0.2, -0.15) is 0 Å². The molecule has 0 heterocycles. The van der Waals surface area contributed by atoms with Crippen LogP contribution in [0.2, 0.25) is 0 Å². The fourth-order valence-electron chi connectivity index (χ4n) is 2.29. The highest BCUT2D eigenvalue weighted by Crippen LogP contribution is 2.36. The highest BCUT2D eigenvalue weighted by Gasteiger charge is 2.23. The number of benzene rings is 2. The van der Waals surface area contributed by atoms with E-state index in [0.29, 0.717) is 0 Å². The Morgan fingerprint density at radius 2 is 1.26 bits per heavy atom. The first kappa shape index (κ1) is 11.7. The zero-order valence-corrected chi connectivity index (χ0v) is 11.0. The number of rotatable bonds is 2. The molecule has 2 aromatic rings. The van der Waals surface area contributed by atoms with Gasteiger partial charge >= 0.3 is 0 Å². The van der Waals surface area contributed by atoms with Gasteiger partial charge in [-0.25, -0.2) is 0 Å². The van der Waals surface area contributed by atoms with Gasteiger partial charge in [-0.1, -0.05) is 48.5 Å². The molecule has 0 fully saturated rings. The van der Waals surface area contributed by atoms with Gasteiger partial charge in [-0.05, 0) is 11.1 Å². The van der Waals surface area contributed by atoms with Gasteiger partial charge < -0.3 is 4.90 Å².